The molecule has 0 aliphatic rings. The molecule has 0 fully saturated rings. The molecule has 3 nitrogen and oxygen atoms in total. The van der Waals surface area contributed by atoms with Gasteiger partial charge in [0.1, 0.15) is 0 Å². The van der Waals surface area contributed by atoms with Crippen LogP contribution in [-0.2, 0) is 0 Å². The summed E-state index contributed by atoms with van der Waals surface area (Å²) in [7, 11) is 0. The third kappa shape index (κ3) is 2.78. The van der Waals surface area contributed by atoms with Gasteiger partial charge in [-0.1, -0.05) is 48.5 Å². The maximum absolute atomic E-state index is 12.7. The van der Waals surface area contributed by atoms with E-state index in [1.54, 1.807) is 0 Å². The third-order valence-electron chi connectivity index (χ3n) is 4.70. The van der Waals surface area contributed by atoms with Crippen molar-refractivity contribution in [2.24, 2.45) is 0 Å². The first-order chi connectivity index (χ1) is 12.6. The predicted octanol–water partition coefficient (Wildman–Crippen LogP) is 5.50. The second-order valence-electron chi connectivity index (χ2n) is 6.49. The molecule has 4 aromatic rings. The second kappa shape index (κ2) is 6.52. The molecule has 0 aliphatic heterocycles. The smallest absolute Gasteiger partial charge is 0.255 e. The van der Waals surface area contributed by atoms with Crippen molar-refractivity contribution in [2.45, 2.75) is 13.8 Å². The van der Waals surface area contributed by atoms with Crippen LogP contribution in [0.3, 0.4) is 0 Å². The molecule has 1 N–H and O–H groups in total. The Morgan fingerprint density at radius 3 is 2.35 bits per heavy atom. The van der Waals surface area contributed by atoms with Gasteiger partial charge in [0, 0.05) is 17.1 Å². The Morgan fingerprint density at radius 1 is 0.808 bits per heavy atom. The van der Waals surface area contributed by atoms with E-state index in [4.69, 9.17) is 0 Å². The van der Waals surface area contributed by atoms with Gasteiger partial charge in [-0.2, -0.15) is 0 Å². The van der Waals surface area contributed by atoms with Crippen molar-refractivity contribution < 1.29 is 4.79 Å². The highest BCUT2D eigenvalue weighted by molar-refractivity contribution is 6.06. The molecule has 1 amide bonds. The van der Waals surface area contributed by atoms with Crippen LogP contribution < -0.4 is 5.32 Å². The number of hydrogen-bond acceptors (Lipinski definition) is 1. The van der Waals surface area contributed by atoms with Gasteiger partial charge in [0.25, 0.3) is 5.91 Å². The van der Waals surface area contributed by atoms with Gasteiger partial charge in [0.2, 0.25) is 0 Å². The zero-order chi connectivity index (χ0) is 18.1. The molecule has 128 valence electrons. The number of carbonyl (C=O) groups excluding carboxylic acids is 1. The maximum atomic E-state index is 12.7. The summed E-state index contributed by atoms with van der Waals surface area (Å²) in [5, 5.41) is 4.32. The maximum Gasteiger partial charge on any atom is 0.255 e. The summed E-state index contributed by atoms with van der Waals surface area (Å²) in [5.41, 5.74) is 5.83. The standard InChI is InChI=1S/C23H20N2O/c1-16-9-8-14-21(22(16)24-23(26)18-10-4-3-5-11-18)25-15-17(2)19-12-6-7-13-20(19)25/h3-15H,1-2H3,(H,24,26). The second-order valence-corrected chi connectivity index (χ2v) is 6.49. The summed E-state index contributed by atoms with van der Waals surface area (Å²) in [6.07, 6.45) is 2.12. The molecule has 0 saturated heterocycles. The van der Waals surface area contributed by atoms with Crippen LogP contribution >= 0.6 is 0 Å². The minimum Gasteiger partial charge on any atom is -0.320 e. The lowest BCUT2D eigenvalue weighted by molar-refractivity contribution is 0.102. The van der Waals surface area contributed by atoms with Crippen molar-refractivity contribution >= 4 is 22.5 Å². The van der Waals surface area contributed by atoms with Gasteiger partial charge < -0.3 is 9.88 Å². The zero-order valence-electron chi connectivity index (χ0n) is 14.9. The fourth-order valence-corrected chi connectivity index (χ4v) is 3.34. The van der Waals surface area contributed by atoms with Gasteiger partial charge in [-0.25, -0.2) is 0 Å². The molecule has 0 atom stereocenters. The summed E-state index contributed by atoms with van der Waals surface area (Å²) in [4.78, 5) is 12.7. The van der Waals surface area contributed by atoms with E-state index in [2.05, 4.69) is 35.1 Å². The predicted molar refractivity (Wildman–Crippen MR) is 107 cm³/mol. The van der Waals surface area contributed by atoms with E-state index in [0.29, 0.717) is 5.56 Å². The zero-order valence-corrected chi connectivity index (χ0v) is 14.9. The van der Waals surface area contributed by atoms with Crippen LogP contribution in [0, 0.1) is 13.8 Å². The number of para-hydroxylation sites is 2. The van der Waals surface area contributed by atoms with E-state index >= 15 is 0 Å². The van der Waals surface area contributed by atoms with Crippen molar-refractivity contribution in [1.29, 1.82) is 0 Å². The third-order valence-corrected chi connectivity index (χ3v) is 4.70. The molecule has 0 saturated carbocycles. The highest BCUT2D eigenvalue weighted by Crippen LogP contribution is 2.30. The lowest BCUT2D eigenvalue weighted by Gasteiger charge is -2.16. The number of rotatable bonds is 3. The van der Waals surface area contributed by atoms with E-state index < -0.39 is 0 Å². The Balaban J connectivity index is 1.83. The van der Waals surface area contributed by atoms with Gasteiger partial charge in [0.05, 0.1) is 16.9 Å². The average Bonchev–Trinajstić information content (AvgIpc) is 3.01. The minimum atomic E-state index is -0.102. The molecule has 26 heavy (non-hydrogen) atoms. The van der Waals surface area contributed by atoms with Crippen LogP contribution in [0.25, 0.3) is 16.6 Å². The quantitative estimate of drug-likeness (QED) is 0.525. The van der Waals surface area contributed by atoms with Crippen LogP contribution in [0.5, 0.6) is 0 Å². The number of benzene rings is 3. The molecule has 0 radical (unpaired) electrons. The van der Waals surface area contributed by atoms with Crippen LogP contribution in [0.15, 0.2) is 79.0 Å². The monoisotopic (exact) mass is 340 g/mol. The molecule has 3 heteroatoms. The van der Waals surface area contributed by atoms with Gasteiger partial charge in [-0.05, 0) is 49.2 Å². The van der Waals surface area contributed by atoms with Gasteiger partial charge in [-0.15, -0.1) is 0 Å². The number of aromatic nitrogens is 1. The van der Waals surface area contributed by atoms with Crippen molar-refractivity contribution in [3.63, 3.8) is 0 Å². The Morgan fingerprint density at radius 2 is 1.54 bits per heavy atom. The molecular weight excluding hydrogens is 320 g/mol. The average molecular weight is 340 g/mol. The van der Waals surface area contributed by atoms with Crippen LogP contribution in [0.1, 0.15) is 21.5 Å². The fraction of sp³-hybridized carbons (Fsp3) is 0.0870. The van der Waals surface area contributed by atoms with E-state index in [9.17, 15) is 4.79 Å². The molecule has 0 unspecified atom stereocenters. The molecule has 0 aliphatic carbocycles. The van der Waals surface area contributed by atoms with Crippen LogP contribution in [-0.4, -0.2) is 10.5 Å². The number of fused-ring (bicyclic) bond motifs is 1. The molecule has 1 aromatic heterocycles. The number of nitrogens with one attached hydrogen (secondary N) is 1. The first kappa shape index (κ1) is 16.2. The summed E-state index contributed by atoms with van der Waals surface area (Å²) in [6.45, 7) is 4.12. The Labute approximate surface area is 152 Å². The topological polar surface area (TPSA) is 34.0 Å². The van der Waals surface area contributed by atoms with E-state index in [1.165, 1.54) is 10.9 Å². The number of nitrogens with zero attached hydrogens (tertiary/aromatic N) is 1. The van der Waals surface area contributed by atoms with Crippen LogP contribution in [0.4, 0.5) is 5.69 Å². The number of amides is 1. The largest absolute Gasteiger partial charge is 0.320 e. The fourth-order valence-electron chi connectivity index (χ4n) is 3.34. The molecule has 0 spiro atoms. The molecule has 1 heterocycles. The molecule has 0 bridgehead atoms. The lowest BCUT2D eigenvalue weighted by Crippen LogP contribution is -2.14. The SMILES string of the molecule is Cc1cccc(-n2cc(C)c3ccccc32)c1NC(=O)c1ccccc1. The summed E-state index contributed by atoms with van der Waals surface area (Å²) in [6, 6.07) is 23.7. The molecular formula is C23H20N2O. The van der Waals surface area contributed by atoms with Crippen molar-refractivity contribution in [2.75, 3.05) is 5.32 Å². The highest BCUT2D eigenvalue weighted by atomic mass is 16.1. The number of anilines is 1. The Bertz CT molecular complexity index is 1090. The molecule has 4 rings (SSSR count). The van der Waals surface area contributed by atoms with Gasteiger partial charge >= 0.3 is 0 Å². The number of hydrogen-bond donors (Lipinski definition) is 1. The van der Waals surface area contributed by atoms with Crippen molar-refractivity contribution in [3.8, 4) is 5.69 Å². The first-order valence-electron chi connectivity index (χ1n) is 8.68. The van der Waals surface area contributed by atoms with Crippen molar-refractivity contribution in [1.82, 2.24) is 4.57 Å². The van der Waals surface area contributed by atoms with E-state index in [0.717, 1.165) is 22.5 Å². The minimum absolute atomic E-state index is 0.102. The summed E-state index contributed by atoms with van der Waals surface area (Å²) >= 11 is 0. The number of aryl methyl sites for hydroxylation is 2. The first-order valence-corrected chi connectivity index (χ1v) is 8.68. The normalized spacial score (nSPS) is 10.8. The van der Waals surface area contributed by atoms with E-state index in [1.807, 2.05) is 67.6 Å². The van der Waals surface area contributed by atoms with Crippen molar-refractivity contribution in [3.05, 3.63) is 95.7 Å². The highest BCUT2D eigenvalue weighted by Gasteiger charge is 2.14. The Hall–Kier alpha value is -3.33. The molecule has 3 aromatic carbocycles. The van der Waals surface area contributed by atoms with Crippen LogP contribution in [0.2, 0.25) is 0 Å². The van der Waals surface area contributed by atoms with Gasteiger partial charge in [-0.3, -0.25) is 4.79 Å². The van der Waals surface area contributed by atoms with E-state index in [-0.39, 0.29) is 5.91 Å². The Kier molecular flexibility index (Phi) is 4.05. The lowest BCUT2D eigenvalue weighted by atomic mass is 10.1. The summed E-state index contributed by atoms with van der Waals surface area (Å²) < 4.78 is 2.15. The summed E-state index contributed by atoms with van der Waals surface area (Å²) in [5.74, 6) is -0.102. The van der Waals surface area contributed by atoms with Gasteiger partial charge in [0.15, 0.2) is 0 Å². The number of carbonyl (C=O) groups is 1.